The Balaban J connectivity index is 2.03. The number of halogens is 2. The van der Waals surface area contributed by atoms with E-state index in [4.69, 9.17) is 14.2 Å². The molecule has 1 N–H and O–H groups in total. The van der Waals surface area contributed by atoms with Crippen LogP contribution in [0.1, 0.15) is 33.6 Å². The molecule has 2 rings (SSSR count). The van der Waals surface area contributed by atoms with E-state index < -0.39 is 47.9 Å². The van der Waals surface area contributed by atoms with E-state index in [1.807, 2.05) is 0 Å². The van der Waals surface area contributed by atoms with Gasteiger partial charge in [-0.2, -0.15) is 4.39 Å². The van der Waals surface area contributed by atoms with Crippen molar-refractivity contribution in [2.45, 2.75) is 45.9 Å². The average Bonchev–Trinajstić information content (AvgIpc) is 3.13. The molecule has 0 unspecified atom stereocenters. The fraction of sp³-hybridized carbons (Fsp3) is 0.550. The molecule has 1 fully saturated rings. The van der Waals surface area contributed by atoms with Crippen LogP contribution in [0.2, 0.25) is 0 Å². The molecule has 1 heterocycles. The SMILES string of the molecule is CCC(=O)O[C@H](OC(=O)N1C[C@@H](COc2cccc(F)c2F)C[C@H]1C(=O)O)C(C)C. The van der Waals surface area contributed by atoms with Crippen LogP contribution in [0.5, 0.6) is 5.75 Å². The lowest BCUT2D eigenvalue weighted by Gasteiger charge is -2.26. The van der Waals surface area contributed by atoms with Gasteiger partial charge in [0.2, 0.25) is 5.82 Å². The second kappa shape index (κ2) is 10.2. The number of rotatable bonds is 8. The number of carbonyl (C=O) groups excluding carboxylic acids is 2. The third-order valence-corrected chi connectivity index (χ3v) is 4.60. The number of hydrogen-bond donors (Lipinski definition) is 1. The second-order valence-electron chi connectivity index (χ2n) is 7.31. The first kappa shape index (κ1) is 23.4. The summed E-state index contributed by atoms with van der Waals surface area (Å²) in [5, 5.41) is 9.46. The van der Waals surface area contributed by atoms with E-state index in [-0.39, 0.29) is 37.7 Å². The minimum absolute atomic E-state index is 0.0285. The van der Waals surface area contributed by atoms with Crippen LogP contribution < -0.4 is 4.74 Å². The Hall–Kier alpha value is -2.91. The minimum Gasteiger partial charge on any atom is -0.490 e. The highest BCUT2D eigenvalue weighted by Crippen LogP contribution is 2.27. The molecule has 10 heteroatoms. The van der Waals surface area contributed by atoms with Crippen molar-refractivity contribution in [2.75, 3.05) is 13.2 Å². The lowest BCUT2D eigenvalue weighted by molar-refractivity contribution is -0.177. The maximum atomic E-state index is 13.7. The zero-order valence-corrected chi connectivity index (χ0v) is 17.0. The number of nitrogens with zero attached hydrogens (tertiary/aromatic N) is 1. The van der Waals surface area contributed by atoms with Gasteiger partial charge in [0.05, 0.1) is 6.61 Å². The second-order valence-corrected chi connectivity index (χ2v) is 7.31. The molecule has 1 aromatic rings. The first-order chi connectivity index (χ1) is 14.1. The van der Waals surface area contributed by atoms with Crippen molar-refractivity contribution in [2.24, 2.45) is 11.8 Å². The summed E-state index contributed by atoms with van der Waals surface area (Å²) < 4.78 is 42.6. The number of ether oxygens (including phenoxy) is 3. The van der Waals surface area contributed by atoms with Crippen molar-refractivity contribution in [3.05, 3.63) is 29.8 Å². The summed E-state index contributed by atoms with van der Waals surface area (Å²) >= 11 is 0. The number of esters is 1. The molecule has 0 bridgehead atoms. The topological polar surface area (TPSA) is 102 Å². The van der Waals surface area contributed by atoms with Crippen molar-refractivity contribution in [1.29, 1.82) is 0 Å². The molecule has 8 nitrogen and oxygen atoms in total. The number of aliphatic carboxylic acids is 1. The van der Waals surface area contributed by atoms with Gasteiger partial charge in [-0.3, -0.25) is 9.69 Å². The molecule has 0 saturated carbocycles. The number of carboxylic acid groups (broad SMARTS) is 1. The molecule has 3 atom stereocenters. The van der Waals surface area contributed by atoms with Gasteiger partial charge in [0.25, 0.3) is 6.29 Å². The summed E-state index contributed by atoms with van der Waals surface area (Å²) in [6.07, 6.45) is -1.96. The fourth-order valence-corrected chi connectivity index (χ4v) is 2.96. The van der Waals surface area contributed by atoms with E-state index >= 15 is 0 Å². The largest absolute Gasteiger partial charge is 0.490 e. The summed E-state index contributed by atoms with van der Waals surface area (Å²) in [5.74, 6) is -5.08. The summed E-state index contributed by atoms with van der Waals surface area (Å²) in [7, 11) is 0. The van der Waals surface area contributed by atoms with E-state index in [2.05, 4.69) is 0 Å². The Kier molecular flexibility index (Phi) is 7.96. The van der Waals surface area contributed by atoms with Crippen molar-refractivity contribution in [3.8, 4) is 5.75 Å². The summed E-state index contributed by atoms with van der Waals surface area (Å²) in [5.41, 5.74) is 0. The van der Waals surface area contributed by atoms with Gasteiger partial charge in [-0.25, -0.2) is 14.0 Å². The number of benzene rings is 1. The smallest absolute Gasteiger partial charge is 0.413 e. The Labute approximate surface area is 172 Å². The van der Waals surface area contributed by atoms with E-state index in [1.54, 1.807) is 20.8 Å². The van der Waals surface area contributed by atoms with Crippen LogP contribution in [0.25, 0.3) is 0 Å². The zero-order valence-electron chi connectivity index (χ0n) is 17.0. The first-order valence-corrected chi connectivity index (χ1v) is 9.60. The molecule has 0 radical (unpaired) electrons. The maximum absolute atomic E-state index is 13.7. The molecular weight excluding hydrogens is 404 g/mol. The van der Waals surface area contributed by atoms with E-state index in [0.717, 1.165) is 11.0 Å². The van der Waals surface area contributed by atoms with Crippen LogP contribution >= 0.6 is 0 Å². The standard InChI is InChI=1S/C20H25F2NO7/c1-4-16(24)29-19(11(2)3)30-20(27)23-9-12(8-14(23)18(25)26)10-28-15-7-5-6-13(21)17(15)22/h5-7,11-12,14,19H,4,8-10H2,1-3H3,(H,25,26)/t12-,14-,19+/m0/s1. The molecule has 1 aliphatic heterocycles. The van der Waals surface area contributed by atoms with Crippen LogP contribution in [-0.2, 0) is 19.1 Å². The molecule has 166 valence electrons. The third-order valence-electron chi connectivity index (χ3n) is 4.60. The summed E-state index contributed by atoms with van der Waals surface area (Å²) in [6, 6.07) is 2.31. The monoisotopic (exact) mass is 429 g/mol. The van der Waals surface area contributed by atoms with Gasteiger partial charge in [-0.1, -0.05) is 26.8 Å². The predicted octanol–water partition coefficient (Wildman–Crippen LogP) is 3.19. The van der Waals surface area contributed by atoms with Crippen LogP contribution in [-0.4, -0.2) is 53.5 Å². The summed E-state index contributed by atoms with van der Waals surface area (Å²) in [4.78, 5) is 36.7. The normalized spacial score (nSPS) is 19.5. The van der Waals surface area contributed by atoms with Gasteiger partial charge in [0.1, 0.15) is 6.04 Å². The van der Waals surface area contributed by atoms with Gasteiger partial charge in [-0.15, -0.1) is 0 Å². The molecule has 0 aromatic heterocycles. The molecule has 30 heavy (non-hydrogen) atoms. The van der Waals surface area contributed by atoms with Crippen LogP contribution in [0.3, 0.4) is 0 Å². The molecule has 0 spiro atoms. The number of likely N-dealkylation sites (tertiary alicyclic amines) is 1. The molecule has 1 aliphatic rings. The Bertz CT molecular complexity index is 786. The van der Waals surface area contributed by atoms with Crippen molar-refractivity contribution in [3.63, 3.8) is 0 Å². The highest BCUT2D eigenvalue weighted by Gasteiger charge is 2.42. The van der Waals surface area contributed by atoms with Crippen LogP contribution in [0.15, 0.2) is 18.2 Å². The Morgan fingerprint density at radius 2 is 1.93 bits per heavy atom. The number of carbonyl (C=O) groups is 3. The lowest BCUT2D eigenvalue weighted by Crippen LogP contribution is -2.43. The van der Waals surface area contributed by atoms with Gasteiger partial charge >= 0.3 is 18.0 Å². The predicted molar refractivity (Wildman–Crippen MR) is 99.6 cm³/mol. The first-order valence-electron chi connectivity index (χ1n) is 9.60. The Morgan fingerprint density at radius 1 is 1.23 bits per heavy atom. The van der Waals surface area contributed by atoms with Crippen molar-refractivity contribution in [1.82, 2.24) is 4.90 Å². The summed E-state index contributed by atoms with van der Waals surface area (Å²) in [6.45, 7) is 4.81. The molecule has 1 amide bonds. The van der Waals surface area contributed by atoms with Gasteiger partial charge < -0.3 is 19.3 Å². The van der Waals surface area contributed by atoms with E-state index in [1.165, 1.54) is 12.1 Å². The van der Waals surface area contributed by atoms with Crippen LogP contribution in [0, 0.1) is 23.5 Å². The van der Waals surface area contributed by atoms with Gasteiger partial charge in [-0.05, 0) is 18.6 Å². The minimum atomic E-state index is -1.24. The van der Waals surface area contributed by atoms with Crippen LogP contribution in [0.4, 0.5) is 13.6 Å². The van der Waals surface area contributed by atoms with Crippen molar-refractivity contribution < 1.29 is 42.5 Å². The average molecular weight is 429 g/mol. The molecular formula is C20H25F2NO7. The third kappa shape index (κ3) is 5.80. The molecule has 1 aromatic carbocycles. The van der Waals surface area contributed by atoms with Gasteiger partial charge in [0, 0.05) is 24.8 Å². The molecule has 1 saturated heterocycles. The highest BCUT2D eigenvalue weighted by atomic mass is 19.2. The highest BCUT2D eigenvalue weighted by molar-refractivity contribution is 5.81. The quantitative estimate of drug-likeness (QED) is 0.500. The van der Waals surface area contributed by atoms with E-state index in [9.17, 15) is 28.3 Å². The fourth-order valence-electron chi connectivity index (χ4n) is 2.96. The van der Waals surface area contributed by atoms with Crippen molar-refractivity contribution >= 4 is 18.0 Å². The zero-order chi connectivity index (χ0) is 22.4. The van der Waals surface area contributed by atoms with Gasteiger partial charge in [0.15, 0.2) is 11.6 Å². The maximum Gasteiger partial charge on any atom is 0.413 e. The Morgan fingerprint density at radius 3 is 2.53 bits per heavy atom. The number of amides is 1. The number of hydrogen-bond acceptors (Lipinski definition) is 6. The van der Waals surface area contributed by atoms with E-state index in [0.29, 0.717) is 0 Å². The number of carboxylic acids is 1. The lowest BCUT2D eigenvalue weighted by atomic mass is 10.1. The molecule has 0 aliphatic carbocycles.